The van der Waals surface area contributed by atoms with Crippen molar-refractivity contribution in [2.75, 3.05) is 38.7 Å². The van der Waals surface area contributed by atoms with Crippen molar-refractivity contribution in [2.45, 2.75) is 44.7 Å². The van der Waals surface area contributed by atoms with E-state index in [1.54, 1.807) is 6.33 Å². The van der Waals surface area contributed by atoms with Crippen LogP contribution in [0.4, 0.5) is 5.82 Å². The molecular weight excluding hydrogens is 376 g/mol. The van der Waals surface area contributed by atoms with Crippen LogP contribution in [0.1, 0.15) is 36.8 Å². The molecule has 2 heterocycles. The first-order valence-electron chi connectivity index (χ1n) is 10.9. The van der Waals surface area contributed by atoms with Gasteiger partial charge >= 0.3 is 0 Å². The first kappa shape index (κ1) is 20.8. The van der Waals surface area contributed by atoms with Gasteiger partial charge in [0.2, 0.25) is 0 Å². The number of aryl methyl sites for hydroxylation is 1. The van der Waals surface area contributed by atoms with E-state index in [1.807, 2.05) is 25.4 Å². The molecule has 1 aromatic carbocycles. The van der Waals surface area contributed by atoms with Crippen molar-refractivity contribution in [1.29, 1.82) is 5.41 Å². The Morgan fingerprint density at radius 1 is 1.17 bits per heavy atom. The highest BCUT2D eigenvalue weighted by Crippen LogP contribution is 2.32. The van der Waals surface area contributed by atoms with Crippen LogP contribution in [0.5, 0.6) is 0 Å². The fraction of sp³-hybridized carbons (Fsp3) is 0.522. The summed E-state index contributed by atoms with van der Waals surface area (Å²) < 4.78 is 5.50. The Bertz CT molecular complexity index is 913. The van der Waals surface area contributed by atoms with Crippen LogP contribution in [0.3, 0.4) is 0 Å². The van der Waals surface area contributed by atoms with Crippen molar-refractivity contribution in [3.05, 3.63) is 35.8 Å². The molecule has 30 heavy (non-hydrogen) atoms. The molecule has 7 nitrogen and oxygen atoms in total. The van der Waals surface area contributed by atoms with Crippen LogP contribution >= 0.6 is 0 Å². The summed E-state index contributed by atoms with van der Waals surface area (Å²) in [6.45, 7) is 5.96. The predicted octanol–water partition coefficient (Wildman–Crippen LogP) is 3.20. The van der Waals surface area contributed by atoms with Crippen molar-refractivity contribution in [3.63, 3.8) is 0 Å². The molecule has 2 aromatic rings. The van der Waals surface area contributed by atoms with Crippen molar-refractivity contribution >= 4 is 28.5 Å². The molecule has 3 N–H and O–H groups in total. The van der Waals surface area contributed by atoms with Crippen LogP contribution in [0.25, 0.3) is 16.5 Å². The fourth-order valence-corrected chi connectivity index (χ4v) is 4.81. The zero-order valence-electron chi connectivity index (χ0n) is 17.9. The van der Waals surface area contributed by atoms with Crippen molar-refractivity contribution < 1.29 is 4.74 Å². The Morgan fingerprint density at radius 2 is 1.93 bits per heavy atom. The number of benzene rings is 1. The van der Waals surface area contributed by atoms with Gasteiger partial charge in [0.25, 0.3) is 0 Å². The SMILES string of the molecule is CN/C=C(\C=N)c1ccc2ncnc(NC3CCC(N4CCOCC4)CC3)c2c1C. The highest BCUT2D eigenvalue weighted by molar-refractivity contribution is 6.11. The minimum absolute atomic E-state index is 0.429. The maximum absolute atomic E-state index is 7.78. The van der Waals surface area contributed by atoms with E-state index >= 15 is 0 Å². The smallest absolute Gasteiger partial charge is 0.137 e. The molecular formula is C23H32N6O. The van der Waals surface area contributed by atoms with Crippen LogP contribution in [0.2, 0.25) is 0 Å². The summed E-state index contributed by atoms with van der Waals surface area (Å²) in [5.74, 6) is 0.906. The number of nitrogens with one attached hydrogen (secondary N) is 3. The molecule has 1 aromatic heterocycles. The highest BCUT2D eigenvalue weighted by Gasteiger charge is 2.27. The van der Waals surface area contributed by atoms with Gasteiger partial charge in [-0.25, -0.2) is 9.97 Å². The largest absolute Gasteiger partial charge is 0.393 e. The van der Waals surface area contributed by atoms with E-state index in [0.717, 1.165) is 72.6 Å². The van der Waals surface area contributed by atoms with E-state index in [1.165, 1.54) is 19.1 Å². The molecule has 160 valence electrons. The standard InChI is InChI=1S/C23H32N6O/c1-16-20(17(13-24)14-25-2)7-8-21-22(16)23(27-15-26-21)28-18-3-5-19(6-4-18)29-9-11-30-12-10-29/h7-8,13-15,18-19,24-25H,3-6,9-12H2,1-2H3,(H,26,27,28)/b17-14+,24-13?. The lowest BCUT2D eigenvalue weighted by Crippen LogP contribution is -2.46. The molecule has 2 fully saturated rings. The molecule has 0 bridgehead atoms. The monoisotopic (exact) mass is 408 g/mol. The Hall–Kier alpha value is -2.51. The van der Waals surface area contributed by atoms with Gasteiger partial charge in [-0.2, -0.15) is 0 Å². The number of ether oxygens (including phenoxy) is 1. The van der Waals surface area contributed by atoms with Crippen LogP contribution < -0.4 is 10.6 Å². The third kappa shape index (κ3) is 4.32. The summed E-state index contributed by atoms with van der Waals surface area (Å²) >= 11 is 0. The zero-order valence-corrected chi connectivity index (χ0v) is 17.9. The molecule has 0 radical (unpaired) electrons. The summed E-state index contributed by atoms with van der Waals surface area (Å²) in [5.41, 5.74) is 3.91. The molecule has 1 aliphatic carbocycles. The second-order valence-electron chi connectivity index (χ2n) is 8.19. The lowest BCUT2D eigenvalue weighted by molar-refractivity contribution is 0.00791. The number of hydrogen-bond acceptors (Lipinski definition) is 7. The minimum Gasteiger partial charge on any atom is -0.393 e. The van der Waals surface area contributed by atoms with Gasteiger partial charge in [-0.1, -0.05) is 6.07 Å². The van der Waals surface area contributed by atoms with Gasteiger partial charge in [-0.15, -0.1) is 0 Å². The maximum Gasteiger partial charge on any atom is 0.137 e. The topological polar surface area (TPSA) is 86.2 Å². The van der Waals surface area contributed by atoms with Gasteiger partial charge in [0, 0.05) is 55.6 Å². The number of fused-ring (bicyclic) bond motifs is 1. The third-order valence-corrected chi connectivity index (χ3v) is 6.43. The van der Waals surface area contributed by atoms with E-state index in [2.05, 4.69) is 32.4 Å². The molecule has 1 aliphatic heterocycles. The van der Waals surface area contributed by atoms with Crippen LogP contribution in [0, 0.1) is 12.3 Å². The van der Waals surface area contributed by atoms with E-state index < -0.39 is 0 Å². The number of allylic oxidation sites excluding steroid dienone is 1. The van der Waals surface area contributed by atoms with Crippen molar-refractivity contribution in [3.8, 4) is 0 Å². The quantitative estimate of drug-likeness (QED) is 0.637. The second kappa shape index (κ2) is 9.53. The average Bonchev–Trinajstić information content (AvgIpc) is 2.79. The van der Waals surface area contributed by atoms with Crippen LogP contribution in [-0.2, 0) is 4.74 Å². The van der Waals surface area contributed by atoms with Gasteiger partial charge in [-0.3, -0.25) is 4.90 Å². The number of anilines is 1. The second-order valence-corrected chi connectivity index (χ2v) is 8.19. The zero-order chi connectivity index (χ0) is 20.9. The normalized spacial score (nSPS) is 23.3. The lowest BCUT2D eigenvalue weighted by atomic mass is 9.89. The Morgan fingerprint density at radius 3 is 2.63 bits per heavy atom. The number of morpholine rings is 1. The number of nitrogens with zero attached hydrogens (tertiary/aromatic N) is 3. The first-order valence-corrected chi connectivity index (χ1v) is 10.9. The number of rotatable bonds is 6. The molecule has 1 saturated carbocycles. The van der Waals surface area contributed by atoms with E-state index in [-0.39, 0.29) is 0 Å². The van der Waals surface area contributed by atoms with E-state index in [9.17, 15) is 0 Å². The first-order chi connectivity index (χ1) is 14.7. The Kier molecular flexibility index (Phi) is 6.59. The fourth-order valence-electron chi connectivity index (χ4n) is 4.81. The summed E-state index contributed by atoms with van der Waals surface area (Å²) in [5, 5.41) is 15.6. The molecule has 1 saturated heterocycles. The molecule has 2 aliphatic rings. The average molecular weight is 409 g/mol. The molecule has 0 atom stereocenters. The summed E-state index contributed by atoms with van der Waals surface area (Å²) in [4.78, 5) is 11.7. The van der Waals surface area contributed by atoms with E-state index in [4.69, 9.17) is 10.1 Å². The number of aromatic nitrogens is 2. The Balaban J connectivity index is 1.53. The molecule has 7 heteroatoms. The van der Waals surface area contributed by atoms with Gasteiger partial charge in [0.05, 0.1) is 18.7 Å². The van der Waals surface area contributed by atoms with E-state index in [0.29, 0.717) is 12.1 Å². The van der Waals surface area contributed by atoms with Gasteiger partial charge in [-0.05, 0) is 49.8 Å². The summed E-state index contributed by atoms with van der Waals surface area (Å²) in [6.07, 6.45) is 9.61. The van der Waals surface area contributed by atoms with Crippen molar-refractivity contribution in [1.82, 2.24) is 20.2 Å². The Labute approximate surface area is 178 Å². The third-order valence-electron chi connectivity index (χ3n) is 6.43. The molecule has 0 amide bonds. The van der Waals surface area contributed by atoms with Crippen LogP contribution in [0.15, 0.2) is 24.7 Å². The summed E-state index contributed by atoms with van der Waals surface area (Å²) in [6, 6.07) is 5.17. The van der Waals surface area contributed by atoms with Crippen LogP contribution in [-0.4, -0.2) is 66.5 Å². The minimum atomic E-state index is 0.429. The number of hydrogen-bond donors (Lipinski definition) is 3. The highest BCUT2D eigenvalue weighted by atomic mass is 16.5. The predicted molar refractivity (Wildman–Crippen MR) is 122 cm³/mol. The van der Waals surface area contributed by atoms with Gasteiger partial charge in [0.15, 0.2) is 0 Å². The molecule has 0 unspecified atom stereocenters. The van der Waals surface area contributed by atoms with Crippen molar-refractivity contribution in [2.24, 2.45) is 0 Å². The molecule has 0 spiro atoms. The molecule has 4 rings (SSSR count). The van der Waals surface area contributed by atoms with Gasteiger partial charge in [0.1, 0.15) is 12.1 Å². The lowest BCUT2D eigenvalue weighted by Gasteiger charge is -2.39. The summed E-state index contributed by atoms with van der Waals surface area (Å²) in [7, 11) is 1.85. The van der Waals surface area contributed by atoms with Gasteiger partial charge < -0.3 is 20.8 Å². The maximum atomic E-state index is 7.78.